The molecule has 1 saturated carbocycles. The minimum absolute atomic E-state index is 0.113. The number of fused-ring (bicyclic) bond motifs is 2. The van der Waals surface area contributed by atoms with Gasteiger partial charge in [0.15, 0.2) is 0 Å². The quantitative estimate of drug-likeness (QED) is 0.241. The summed E-state index contributed by atoms with van der Waals surface area (Å²) in [4.78, 5) is 18.3. The van der Waals surface area contributed by atoms with Crippen molar-refractivity contribution in [2.75, 3.05) is 0 Å². The van der Waals surface area contributed by atoms with Crippen LogP contribution >= 0.6 is 0 Å². The molecule has 1 aromatic heterocycles. The van der Waals surface area contributed by atoms with Crippen LogP contribution in [0.2, 0.25) is 0 Å². The topological polar surface area (TPSA) is 56.5 Å². The SMILES string of the molecule is O=c1c2ccccc2nc(C2CCCCC2)n1N=Cc1ccc(OCc2cccc3ccccc23)cc1. The van der Waals surface area contributed by atoms with E-state index in [-0.39, 0.29) is 11.5 Å². The third-order valence-corrected chi connectivity index (χ3v) is 7.23. The Morgan fingerprint density at radius 1 is 0.838 bits per heavy atom. The number of hydrogen-bond donors (Lipinski definition) is 0. The number of benzene rings is 4. The fourth-order valence-corrected chi connectivity index (χ4v) is 5.23. The van der Waals surface area contributed by atoms with Crippen molar-refractivity contribution < 1.29 is 4.74 Å². The van der Waals surface area contributed by atoms with Crippen LogP contribution in [-0.2, 0) is 6.61 Å². The molecule has 5 nitrogen and oxygen atoms in total. The Morgan fingerprint density at radius 3 is 2.41 bits per heavy atom. The van der Waals surface area contributed by atoms with Crippen molar-refractivity contribution in [1.82, 2.24) is 9.66 Å². The summed E-state index contributed by atoms with van der Waals surface area (Å²) in [5.41, 5.74) is 2.68. The van der Waals surface area contributed by atoms with Gasteiger partial charge in [-0.3, -0.25) is 4.79 Å². The van der Waals surface area contributed by atoms with Crippen molar-refractivity contribution in [3.63, 3.8) is 0 Å². The van der Waals surface area contributed by atoms with E-state index in [0.29, 0.717) is 12.0 Å². The zero-order valence-electron chi connectivity index (χ0n) is 20.7. The van der Waals surface area contributed by atoms with E-state index in [9.17, 15) is 4.79 Å². The van der Waals surface area contributed by atoms with E-state index in [1.165, 1.54) is 21.9 Å². The maximum absolute atomic E-state index is 13.4. The molecule has 0 saturated heterocycles. The van der Waals surface area contributed by atoms with Gasteiger partial charge >= 0.3 is 0 Å². The van der Waals surface area contributed by atoms with Crippen molar-refractivity contribution in [3.05, 3.63) is 118 Å². The summed E-state index contributed by atoms with van der Waals surface area (Å²) in [5, 5.41) is 7.64. The summed E-state index contributed by atoms with van der Waals surface area (Å²) in [6.07, 6.45) is 7.39. The number of aromatic nitrogens is 2. The van der Waals surface area contributed by atoms with E-state index < -0.39 is 0 Å². The average molecular weight is 488 g/mol. The molecule has 1 heterocycles. The Kier molecular flexibility index (Phi) is 6.51. The fraction of sp³-hybridized carbons (Fsp3) is 0.219. The molecule has 1 fully saturated rings. The molecule has 0 atom stereocenters. The van der Waals surface area contributed by atoms with Gasteiger partial charge in [0.2, 0.25) is 0 Å². The van der Waals surface area contributed by atoms with Crippen LogP contribution < -0.4 is 10.3 Å². The number of nitrogens with zero attached hydrogens (tertiary/aromatic N) is 3. The first-order chi connectivity index (χ1) is 18.3. The van der Waals surface area contributed by atoms with Gasteiger partial charge in [0.25, 0.3) is 5.56 Å². The minimum atomic E-state index is -0.113. The van der Waals surface area contributed by atoms with E-state index in [1.54, 1.807) is 6.21 Å². The lowest BCUT2D eigenvalue weighted by Gasteiger charge is -2.22. The molecule has 0 radical (unpaired) electrons. The third-order valence-electron chi connectivity index (χ3n) is 7.23. The molecule has 0 unspecified atom stereocenters. The van der Waals surface area contributed by atoms with Crippen LogP contribution in [0.5, 0.6) is 5.75 Å². The van der Waals surface area contributed by atoms with Crippen LogP contribution in [0.1, 0.15) is 55.0 Å². The predicted molar refractivity (Wildman–Crippen MR) is 150 cm³/mol. The van der Waals surface area contributed by atoms with Crippen molar-refractivity contribution >= 4 is 27.9 Å². The maximum atomic E-state index is 13.4. The first-order valence-corrected chi connectivity index (χ1v) is 13.0. The number of para-hydroxylation sites is 1. The van der Waals surface area contributed by atoms with E-state index in [4.69, 9.17) is 9.72 Å². The summed E-state index contributed by atoms with van der Waals surface area (Å²) in [6.45, 7) is 0.498. The molecule has 37 heavy (non-hydrogen) atoms. The molecule has 0 amide bonds. The molecule has 0 spiro atoms. The Balaban J connectivity index is 1.24. The molecule has 1 aliphatic rings. The molecular weight excluding hydrogens is 458 g/mol. The van der Waals surface area contributed by atoms with E-state index in [1.807, 2.05) is 54.6 Å². The average Bonchev–Trinajstić information content (AvgIpc) is 2.96. The normalized spacial score (nSPS) is 14.5. The van der Waals surface area contributed by atoms with Crippen LogP contribution in [-0.4, -0.2) is 15.9 Å². The lowest BCUT2D eigenvalue weighted by molar-refractivity contribution is 0.307. The first kappa shape index (κ1) is 23.2. The van der Waals surface area contributed by atoms with Crippen LogP contribution in [0.15, 0.2) is 101 Å². The number of rotatable bonds is 6. The van der Waals surface area contributed by atoms with Gasteiger partial charge in [0.05, 0.1) is 17.1 Å². The number of ether oxygens (including phenoxy) is 1. The Labute approximate surface area is 216 Å². The van der Waals surface area contributed by atoms with Crippen molar-refractivity contribution in [3.8, 4) is 5.75 Å². The molecule has 6 rings (SSSR count). The highest BCUT2D eigenvalue weighted by Gasteiger charge is 2.22. The molecule has 5 heteroatoms. The maximum Gasteiger partial charge on any atom is 0.282 e. The van der Waals surface area contributed by atoms with Gasteiger partial charge in [0.1, 0.15) is 18.2 Å². The van der Waals surface area contributed by atoms with Crippen molar-refractivity contribution in [2.45, 2.75) is 44.6 Å². The molecule has 0 aliphatic heterocycles. The van der Waals surface area contributed by atoms with Crippen LogP contribution in [0.25, 0.3) is 21.7 Å². The fourth-order valence-electron chi connectivity index (χ4n) is 5.23. The second-order valence-electron chi connectivity index (χ2n) is 9.68. The van der Waals surface area contributed by atoms with Gasteiger partial charge in [-0.25, -0.2) is 4.98 Å². The zero-order chi connectivity index (χ0) is 25.0. The van der Waals surface area contributed by atoms with Gasteiger partial charge in [0, 0.05) is 5.92 Å². The summed E-state index contributed by atoms with van der Waals surface area (Å²) in [7, 11) is 0. The molecule has 0 N–H and O–H groups in total. The molecule has 0 bridgehead atoms. The van der Waals surface area contributed by atoms with Gasteiger partial charge in [-0.15, -0.1) is 0 Å². The Bertz CT molecular complexity index is 1630. The van der Waals surface area contributed by atoms with Crippen LogP contribution in [0, 0.1) is 0 Å². The summed E-state index contributed by atoms with van der Waals surface area (Å²) >= 11 is 0. The summed E-state index contributed by atoms with van der Waals surface area (Å²) in [5.74, 6) is 1.82. The van der Waals surface area contributed by atoms with E-state index in [0.717, 1.165) is 53.9 Å². The molecule has 4 aromatic carbocycles. The Morgan fingerprint density at radius 2 is 1.57 bits per heavy atom. The van der Waals surface area contributed by atoms with Gasteiger partial charge in [-0.05, 0) is 71.1 Å². The second-order valence-corrected chi connectivity index (χ2v) is 9.68. The highest BCUT2D eigenvalue weighted by molar-refractivity contribution is 5.85. The standard InChI is InChI=1S/C32H29N3O2/c36-32-29-15-6-7-16-30(29)34-31(25-10-2-1-3-11-25)35(32)33-21-23-17-19-27(20-18-23)37-22-26-13-8-12-24-9-4-5-14-28(24)26/h4-9,12-21,25H,1-3,10-11,22H2. The molecule has 5 aromatic rings. The summed E-state index contributed by atoms with van der Waals surface area (Å²) in [6, 6.07) is 29.9. The van der Waals surface area contributed by atoms with Gasteiger partial charge < -0.3 is 4.74 Å². The molecule has 1 aliphatic carbocycles. The van der Waals surface area contributed by atoms with Gasteiger partial charge in [-0.1, -0.05) is 73.9 Å². The smallest absolute Gasteiger partial charge is 0.282 e. The monoisotopic (exact) mass is 487 g/mol. The highest BCUT2D eigenvalue weighted by atomic mass is 16.5. The van der Waals surface area contributed by atoms with Crippen LogP contribution in [0.4, 0.5) is 0 Å². The number of hydrogen-bond acceptors (Lipinski definition) is 4. The summed E-state index contributed by atoms with van der Waals surface area (Å²) < 4.78 is 7.59. The Hall–Kier alpha value is -4.25. The van der Waals surface area contributed by atoms with Crippen molar-refractivity contribution in [2.24, 2.45) is 5.10 Å². The molecular formula is C32H29N3O2. The van der Waals surface area contributed by atoms with Crippen LogP contribution in [0.3, 0.4) is 0 Å². The lowest BCUT2D eigenvalue weighted by Crippen LogP contribution is -2.25. The largest absolute Gasteiger partial charge is 0.489 e. The first-order valence-electron chi connectivity index (χ1n) is 13.0. The highest BCUT2D eigenvalue weighted by Crippen LogP contribution is 2.31. The van der Waals surface area contributed by atoms with E-state index in [2.05, 4.69) is 41.5 Å². The van der Waals surface area contributed by atoms with E-state index >= 15 is 0 Å². The molecule has 184 valence electrons. The minimum Gasteiger partial charge on any atom is -0.489 e. The van der Waals surface area contributed by atoms with Gasteiger partial charge in [-0.2, -0.15) is 9.78 Å². The second kappa shape index (κ2) is 10.4. The van der Waals surface area contributed by atoms with Crippen molar-refractivity contribution in [1.29, 1.82) is 0 Å². The zero-order valence-corrected chi connectivity index (χ0v) is 20.7. The predicted octanol–water partition coefficient (Wildman–Crippen LogP) is 7.06. The lowest BCUT2D eigenvalue weighted by atomic mass is 9.88. The third kappa shape index (κ3) is 4.90.